The fourth-order valence-electron chi connectivity index (χ4n) is 1.30. The number of hydrogen-bond donors (Lipinski definition) is 2. The van der Waals surface area contributed by atoms with Gasteiger partial charge in [0.2, 0.25) is 0 Å². The second kappa shape index (κ2) is 7.09. The molecule has 0 aliphatic heterocycles. The highest BCUT2D eigenvalue weighted by atomic mass is 79.9. The molecule has 0 atom stereocenters. The third kappa shape index (κ3) is 4.28. The molecule has 0 radical (unpaired) electrons. The van der Waals surface area contributed by atoms with Crippen LogP contribution in [0.4, 0.5) is 0 Å². The molecule has 0 aliphatic rings. The van der Waals surface area contributed by atoms with E-state index < -0.39 is 0 Å². The van der Waals surface area contributed by atoms with Gasteiger partial charge >= 0.3 is 0 Å². The molecule has 2 nitrogen and oxygen atoms in total. The zero-order chi connectivity index (χ0) is 12.0. The number of benzene rings is 1. The molecule has 1 rings (SSSR count). The van der Waals surface area contributed by atoms with Gasteiger partial charge < -0.3 is 10.4 Å². The third-order valence-corrected chi connectivity index (χ3v) is 3.34. The molecule has 0 bridgehead atoms. The number of phenols is 1. The first kappa shape index (κ1) is 13.7. The molecular weight excluding hydrogens is 334 g/mol. The van der Waals surface area contributed by atoms with Gasteiger partial charge in [0, 0.05) is 6.54 Å². The fraction of sp³-hybridized carbons (Fsp3) is 0.333. The van der Waals surface area contributed by atoms with Gasteiger partial charge in [-0.2, -0.15) is 0 Å². The summed E-state index contributed by atoms with van der Waals surface area (Å²) in [5.41, 5.74) is 1.14. The second-order valence-electron chi connectivity index (χ2n) is 3.44. The van der Waals surface area contributed by atoms with Crippen molar-refractivity contribution in [1.82, 2.24) is 5.32 Å². The zero-order valence-corrected chi connectivity index (χ0v) is 12.3. The smallest absolute Gasteiger partial charge is 0.143 e. The van der Waals surface area contributed by atoms with Gasteiger partial charge in [0.15, 0.2) is 0 Å². The van der Waals surface area contributed by atoms with E-state index in [1.165, 1.54) is 0 Å². The summed E-state index contributed by atoms with van der Waals surface area (Å²) < 4.78 is 1.43. The van der Waals surface area contributed by atoms with Crippen molar-refractivity contribution in [3.05, 3.63) is 38.8 Å². The molecule has 0 aliphatic carbocycles. The fourth-order valence-corrected chi connectivity index (χ4v) is 2.59. The third-order valence-electron chi connectivity index (χ3n) is 2.13. The van der Waals surface area contributed by atoms with Gasteiger partial charge in [0.05, 0.1) is 8.95 Å². The summed E-state index contributed by atoms with van der Waals surface area (Å²) in [5, 5.41) is 12.9. The van der Waals surface area contributed by atoms with Gasteiger partial charge in [-0.25, -0.2) is 0 Å². The first-order valence-corrected chi connectivity index (χ1v) is 6.72. The molecule has 0 spiro atoms. The van der Waals surface area contributed by atoms with Gasteiger partial charge in [0.25, 0.3) is 0 Å². The maximum absolute atomic E-state index is 9.55. The van der Waals surface area contributed by atoms with Crippen molar-refractivity contribution in [2.75, 3.05) is 6.54 Å². The molecule has 1 aromatic carbocycles. The van der Waals surface area contributed by atoms with E-state index in [1.54, 1.807) is 0 Å². The Morgan fingerprint density at radius 2 is 1.94 bits per heavy atom. The van der Waals surface area contributed by atoms with Crippen molar-refractivity contribution in [3.63, 3.8) is 0 Å². The maximum atomic E-state index is 9.55. The number of hydrogen-bond acceptors (Lipinski definition) is 2. The predicted molar refractivity (Wildman–Crippen MR) is 74.6 cm³/mol. The largest absolute Gasteiger partial charge is 0.506 e. The quantitative estimate of drug-likeness (QED) is 0.623. The van der Waals surface area contributed by atoms with Crippen LogP contribution in [-0.2, 0) is 6.54 Å². The topological polar surface area (TPSA) is 32.3 Å². The number of halogens is 2. The van der Waals surface area contributed by atoms with E-state index >= 15 is 0 Å². The van der Waals surface area contributed by atoms with Crippen LogP contribution in [0.15, 0.2) is 33.2 Å². The van der Waals surface area contributed by atoms with Crippen molar-refractivity contribution in [3.8, 4) is 5.75 Å². The van der Waals surface area contributed by atoms with Crippen LogP contribution in [0, 0.1) is 0 Å². The van der Waals surface area contributed by atoms with E-state index in [0.717, 1.165) is 25.1 Å². The first-order chi connectivity index (χ1) is 7.65. The van der Waals surface area contributed by atoms with Gasteiger partial charge in [-0.05, 0) is 69.4 Å². The number of phenolic OH excluding ortho intramolecular Hbond substituents is 1. The van der Waals surface area contributed by atoms with E-state index in [-0.39, 0.29) is 5.75 Å². The minimum Gasteiger partial charge on any atom is -0.506 e. The van der Waals surface area contributed by atoms with Gasteiger partial charge in [0.1, 0.15) is 5.75 Å². The van der Waals surface area contributed by atoms with Crippen LogP contribution < -0.4 is 5.32 Å². The molecule has 2 N–H and O–H groups in total. The molecule has 0 unspecified atom stereocenters. The van der Waals surface area contributed by atoms with Crippen molar-refractivity contribution in [1.29, 1.82) is 0 Å². The summed E-state index contributed by atoms with van der Waals surface area (Å²) >= 11 is 6.62. The Balaban J connectivity index is 2.48. The van der Waals surface area contributed by atoms with Gasteiger partial charge in [-0.15, -0.1) is 0 Å². The SMILES string of the molecule is C/C=C/CCNCc1cc(Br)c(O)c(Br)c1. The van der Waals surface area contributed by atoms with Crippen molar-refractivity contribution >= 4 is 31.9 Å². The number of aromatic hydroxyl groups is 1. The lowest BCUT2D eigenvalue weighted by Crippen LogP contribution is -2.14. The molecule has 16 heavy (non-hydrogen) atoms. The first-order valence-electron chi connectivity index (χ1n) is 5.14. The Labute approximate surface area is 113 Å². The molecule has 0 saturated carbocycles. The highest BCUT2D eigenvalue weighted by Gasteiger charge is 2.05. The van der Waals surface area contributed by atoms with Crippen molar-refractivity contribution in [2.24, 2.45) is 0 Å². The highest BCUT2D eigenvalue weighted by Crippen LogP contribution is 2.33. The molecule has 0 heterocycles. The monoisotopic (exact) mass is 347 g/mol. The number of nitrogens with one attached hydrogen (secondary N) is 1. The van der Waals surface area contributed by atoms with Crippen LogP contribution in [0.25, 0.3) is 0 Å². The van der Waals surface area contributed by atoms with E-state index in [4.69, 9.17) is 0 Å². The van der Waals surface area contributed by atoms with E-state index in [1.807, 2.05) is 19.1 Å². The number of rotatable bonds is 5. The summed E-state index contributed by atoms with van der Waals surface area (Å²) in [5.74, 6) is 0.248. The second-order valence-corrected chi connectivity index (χ2v) is 5.15. The normalized spacial score (nSPS) is 11.2. The van der Waals surface area contributed by atoms with Crippen LogP contribution in [-0.4, -0.2) is 11.7 Å². The van der Waals surface area contributed by atoms with Gasteiger partial charge in [-0.1, -0.05) is 12.2 Å². The summed E-state index contributed by atoms with van der Waals surface area (Å²) in [7, 11) is 0. The molecular formula is C12H15Br2NO. The molecule has 0 aromatic heterocycles. The number of allylic oxidation sites excluding steroid dienone is 1. The van der Waals surface area contributed by atoms with Crippen molar-refractivity contribution < 1.29 is 5.11 Å². The van der Waals surface area contributed by atoms with Crippen LogP contribution in [0.5, 0.6) is 5.75 Å². The molecule has 88 valence electrons. The average Bonchev–Trinajstić information content (AvgIpc) is 2.25. The summed E-state index contributed by atoms with van der Waals surface area (Å²) in [4.78, 5) is 0. The molecule has 4 heteroatoms. The summed E-state index contributed by atoms with van der Waals surface area (Å²) in [6.07, 6.45) is 5.22. The lowest BCUT2D eigenvalue weighted by molar-refractivity contribution is 0.468. The average molecular weight is 349 g/mol. The van der Waals surface area contributed by atoms with E-state index in [2.05, 4.69) is 49.3 Å². The predicted octanol–water partition coefficient (Wildman–Crippen LogP) is 3.97. The Bertz CT molecular complexity index is 354. The van der Waals surface area contributed by atoms with Crippen LogP contribution in [0.2, 0.25) is 0 Å². The minimum absolute atomic E-state index is 0.248. The lowest BCUT2D eigenvalue weighted by atomic mass is 10.2. The van der Waals surface area contributed by atoms with Gasteiger partial charge in [-0.3, -0.25) is 0 Å². The lowest BCUT2D eigenvalue weighted by Gasteiger charge is -2.07. The maximum Gasteiger partial charge on any atom is 0.143 e. The Kier molecular flexibility index (Phi) is 6.09. The van der Waals surface area contributed by atoms with E-state index in [0.29, 0.717) is 8.95 Å². The summed E-state index contributed by atoms with van der Waals surface area (Å²) in [6.45, 7) is 3.78. The zero-order valence-electron chi connectivity index (χ0n) is 9.13. The Hall–Kier alpha value is -0.320. The summed E-state index contributed by atoms with van der Waals surface area (Å²) in [6, 6.07) is 3.84. The Morgan fingerprint density at radius 3 is 2.50 bits per heavy atom. The van der Waals surface area contributed by atoms with Crippen LogP contribution >= 0.6 is 31.9 Å². The van der Waals surface area contributed by atoms with E-state index in [9.17, 15) is 5.11 Å². The molecule has 0 amide bonds. The standard InChI is InChI=1S/C12H15Br2NO/c1-2-3-4-5-15-8-9-6-10(13)12(16)11(14)7-9/h2-3,6-7,15-16H,4-5,8H2,1H3/b3-2+. The minimum atomic E-state index is 0.248. The van der Waals surface area contributed by atoms with Crippen LogP contribution in [0.3, 0.4) is 0 Å². The van der Waals surface area contributed by atoms with Crippen LogP contribution in [0.1, 0.15) is 18.9 Å². The molecule has 0 fully saturated rings. The molecule has 0 saturated heterocycles. The Morgan fingerprint density at radius 1 is 1.31 bits per heavy atom. The highest BCUT2D eigenvalue weighted by molar-refractivity contribution is 9.11. The van der Waals surface area contributed by atoms with Crippen molar-refractivity contribution in [2.45, 2.75) is 19.9 Å². The molecule has 1 aromatic rings.